The first-order valence-corrected chi connectivity index (χ1v) is 10.8. The van der Waals surface area contributed by atoms with Crippen LogP contribution in [-0.4, -0.2) is 20.9 Å². The average Bonchev–Trinajstić information content (AvgIpc) is 3.66. The molecule has 0 radical (unpaired) electrons. The van der Waals surface area contributed by atoms with E-state index in [9.17, 15) is 18.8 Å². The number of benzene rings is 1. The Balaban J connectivity index is 1.64. The van der Waals surface area contributed by atoms with E-state index < -0.39 is 11.6 Å². The van der Waals surface area contributed by atoms with Gasteiger partial charge in [0.15, 0.2) is 0 Å². The summed E-state index contributed by atoms with van der Waals surface area (Å²) < 4.78 is 29.1. The molecule has 0 aliphatic heterocycles. The number of hydrogen-bond donors (Lipinski definition) is 2. The Hall–Kier alpha value is -4.32. The van der Waals surface area contributed by atoms with Crippen molar-refractivity contribution in [2.24, 2.45) is 0 Å². The minimum atomic E-state index is -0.513. The van der Waals surface area contributed by atoms with E-state index in [0.29, 0.717) is 35.4 Å². The van der Waals surface area contributed by atoms with Crippen LogP contribution in [0.5, 0.6) is 0 Å². The van der Waals surface area contributed by atoms with Crippen LogP contribution in [0.15, 0.2) is 53.7 Å². The largest absolute Gasteiger partial charge is 0.382 e. The highest BCUT2D eigenvalue weighted by molar-refractivity contribution is 5.75. The van der Waals surface area contributed by atoms with Gasteiger partial charge in [-0.25, -0.2) is 18.7 Å². The van der Waals surface area contributed by atoms with Crippen molar-refractivity contribution in [1.29, 1.82) is 5.26 Å². The van der Waals surface area contributed by atoms with E-state index in [-0.39, 0.29) is 22.9 Å². The summed E-state index contributed by atoms with van der Waals surface area (Å²) in [5.74, 6) is -0.282. The first-order chi connectivity index (χ1) is 16.5. The Bertz CT molecular complexity index is 1500. The zero-order valence-electron chi connectivity index (χ0n) is 18.1. The molecule has 0 atom stereocenters. The van der Waals surface area contributed by atoms with E-state index in [1.807, 2.05) is 6.07 Å². The fraction of sp³-hybridized carbons (Fsp3) is 0.200. The molecule has 0 saturated heterocycles. The molecule has 1 aromatic carbocycles. The zero-order valence-corrected chi connectivity index (χ0v) is 18.1. The Labute approximate surface area is 193 Å². The summed E-state index contributed by atoms with van der Waals surface area (Å²) in [5.41, 5.74) is 9.00. The van der Waals surface area contributed by atoms with Gasteiger partial charge in [-0.3, -0.25) is 9.20 Å². The quantitative estimate of drug-likeness (QED) is 0.452. The second-order valence-corrected chi connectivity index (χ2v) is 8.23. The maximum atomic E-state index is 14.1. The molecule has 3 aromatic heterocycles. The summed E-state index contributed by atoms with van der Waals surface area (Å²) in [4.78, 5) is 21.5. The first-order valence-electron chi connectivity index (χ1n) is 10.8. The molecule has 1 aliphatic carbocycles. The predicted molar refractivity (Wildman–Crippen MR) is 124 cm³/mol. The summed E-state index contributed by atoms with van der Waals surface area (Å²) in [5, 5.41) is 12.5. The van der Waals surface area contributed by atoms with Crippen LogP contribution in [0.1, 0.15) is 35.4 Å². The van der Waals surface area contributed by atoms with Crippen molar-refractivity contribution in [2.45, 2.75) is 25.2 Å². The molecule has 5 rings (SSSR count). The molecule has 0 amide bonds. The van der Waals surface area contributed by atoms with Crippen LogP contribution in [-0.2, 0) is 6.42 Å². The molecular formula is C25H20F2N6O. The second kappa shape index (κ2) is 8.56. The fourth-order valence-corrected chi connectivity index (χ4v) is 4.35. The lowest BCUT2D eigenvalue weighted by molar-refractivity contribution is 0.618. The molecule has 9 heteroatoms. The number of nitrogens with zero attached hydrogens (tertiary/aromatic N) is 4. The average molecular weight is 458 g/mol. The number of rotatable bonds is 6. The smallest absolute Gasteiger partial charge is 0.263 e. The highest BCUT2D eigenvalue weighted by Gasteiger charge is 2.31. The zero-order chi connectivity index (χ0) is 23.8. The summed E-state index contributed by atoms with van der Waals surface area (Å²) in [6.45, 7) is 0.357. The molecule has 0 unspecified atom stereocenters. The van der Waals surface area contributed by atoms with E-state index in [2.05, 4.69) is 15.3 Å². The monoisotopic (exact) mass is 458 g/mol. The number of aromatic nitrogens is 3. The molecule has 4 aromatic rings. The van der Waals surface area contributed by atoms with Gasteiger partial charge in [-0.2, -0.15) is 5.26 Å². The van der Waals surface area contributed by atoms with Crippen LogP contribution in [0.25, 0.3) is 16.6 Å². The lowest BCUT2D eigenvalue weighted by Gasteiger charge is -2.19. The first kappa shape index (κ1) is 21.5. The van der Waals surface area contributed by atoms with Crippen molar-refractivity contribution < 1.29 is 8.78 Å². The van der Waals surface area contributed by atoms with Gasteiger partial charge in [0.1, 0.15) is 41.2 Å². The number of nitrogens with one attached hydrogen (secondary N) is 1. The minimum absolute atomic E-state index is 0.0802. The maximum Gasteiger partial charge on any atom is 0.263 e. The van der Waals surface area contributed by atoms with Crippen molar-refractivity contribution in [3.05, 3.63) is 87.6 Å². The molecule has 7 nitrogen and oxygen atoms in total. The van der Waals surface area contributed by atoms with E-state index in [0.717, 1.165) is 24.0 Å². The summed E-state index contributed by atoms with van der Waals surface area (Å²) in [7, 11) is 0. The van der Waals surface area contributed by atoms with Crippen molar-refractivity contribution in [1.82, 2.24) is 14.4 Å². The highest BCUT2D eigenvalue weighted by Crippen LogP contribution is 2.45. The number of nitrogen functional groups attached to an aromatic ring is 1. The predicted octanol–water partition coefficient (Wildman–Crippen LogP) is 4.02. The summed E-state index contributed by atoms with van der Waals surface area (Å²) >= 11 is 0. The highest BCUT2D eigenvalue weighted by atomic mass is 19.1. The van der Waals surface area contributed by atoms with Crippen LogP contribution in [0, 0.1) is 23.0 Å². The Morgan fingerprint density at radius 2 is 1.85 bits per heavy atom. The van der Waals surface area contributed by atoms with Gasteiger partial charge >= 0.3 is 0 Å². The lowest BCUT2D eigenvalue weighted by Crippen LogP contribution is -2.22. The molecule has 34 heavy (non-hydrogen) atoms. The van der Waals surface area contributed by atoms with Crippen LogP contribution in [0.4, 0.5) is 20.4 Å². The van der Waals surface area contributed by atoms with E-state index >= 15 is 0 Å². The SMILES string of the molecule is N#Cc1c(N)ncnc1NCCc1c(-c2ccc(F)cc2)c(=O)n2cc(F)ccc2c1C1CC1. The number of nitrogens with two attached hydrogens (primary N) is 1. The lowest BCUT2D eigenvalue weighted by atomic mass is 9.91. The number of halogens is 2. The van der Waals surface area contributed by atoms with Gasteiger partial charge in [-0.05, 0) is 66.1 Å². The molecule has 1 fully saturated rings. The van der Waals surface area contributed by atoms with Gasteiger partial charge in [0, 0.05) is 12.7 Å². The number of fused-ring (bicyclic) bond motifs is 1. The Kier molecular flexibility index (Phi) is 5.42. The van der Waals surface area contributed by atoms with Gasteiger partial charge in [0.05, 0.1) is 11.1 Å². The second-order valence-electron chi connectivity index (χ2n) is 8.23. The number of anilines is 2. The Morgan fingerprint density at radius 1 is 1.12 bits per heavy atom. The minimum Gasteiger partial charge on any atom is -0.382 e. The number of pyridine rings is 2. The van der Waals surface area contributed by atoms with Crippen LogP contribution >= 0.6 is 0 Å². The third-order valence-electron chi connectivity index (χ3n) is 6.02. The van der Waals surface area contributed by atoms with Crippen molar-refractivity contribution >= 4 is 17.2 Å². The van der Waals surface area contributed by atoms with E-state index in [1.165, 1.54) is 35.1 Å². The molecule has 0 spiro atoms. The van der Waals surface area contributed by atoms with Crippen LogP contribution in [0.2, 0.25) is 0 Å². The van der Waals surface area contributed by atoms with Crippen LogP contribution in [0.3, 0.4) is 0 Å². The molecule has 0 bridgehead atoms. The standard InChI is InChI=1S/C25H20F2N6O/c26-16-5-3-15(4-6-16)22-18(9-10-30-24-19(11-28)23(29)31-13-32-24)21(14-1-2-14)20-8-7-17(27)12-33(20)25(22)34/h3-8,12-14H,1-2,9-10H2,(H3,29,30,31,32). The van der Waals surface area contributed by atoms with Gasteiger partial charge in [0.25, 0.3) is 5.56 Å². The molecule has 170 valence electrons. The van der Waals surface area contributed by atoms with Gasteiger partial charge in [-0.15, -0.1) is 0 Å². The normalized spacial score (nSPS) is 13.1. The third kappa shape index (κ3) is 3.83. The molecule has 1 saturated carbocycles. The molecule has 1 aliphatic rings. The van der Waals surface area contributed by atoms with Crippen LogP contribution < -0.4 is 16.6 Å². The topological polar surface area (TPSA) is 109 Å². The Morgan fingerprint density at radius 3 is 2.56 bits per heavy atom. The van der Waals surface area contributed by atoms with Gasteiger partial charge in [0.2, 0.25) is 0 Å². The van der Waals surface area contributed by atoms with Gasteiger partial charge in [-0.1, -0.05) is 12.1 Å². The van der Waals surface area contributed by atoms with Crippen molar-refractivity contribution in [2.75, 3.05) is 17.6 Å². The third-order valence-corrected chi connectivity index (χ3v) is 6.02. The van der Waals surface area contributed by atoms with Gasteiger partial charge < -0.3 is 11.1 Å². The van der Waals surface area contributed by atoms with E-state index in [1.54, 1.807) is 18.2 Å². The molecule has 3 N–H and O–H groups in total. The number of hydrogen-bond acceptors (Lipinski definition) is 6. The fourth-order valence-electron chi connectivity index (χ4n) is 4.35. The number of nitriles is 1. The maximum absolute atomic E-state index is 14.1. The molecular weight excluding hydrogens is 438 g/mol. The summed E-state index contributed by atoms with van der Waals surface area (Å²) in [6.07, 6.45) is 4.83. The van der Waals surface area contributed by atoms with E-state index in [4.69, 9.17) is 5.73 Å². The summed E-state index contributed by atoms with van der Waals surface area (Å²) in [6, 6.07) is 10.7. The molecule has 3 heterocycles. The van der Waals surface area contributed by atoms with Crippen molar-refractivity contribution in [3.63, 3.8) is 0 Å². The van der Waals surface area contributed by atoms with Crippen molar-refractivity contribution in [3.8, 4) is 17.2 Å².